The minimum absolute atomic E-state index is 0.0427. The van der Waals surface area contributed by atoms with Gasteiger partial charge in [-0.1, -0.05) is 24.3 Å². The molecule has 0 aliphatic carbocycles. The molecule has 0 atom stereocenters. The number of carbonyl (C=O) groups is 1. The van der Waals surface area contributed by atoms with Crippen molar-refractivity contribution in [2.75, 3.05) is 0 Å². The molecule has 0 saturated heterocycles. The van der Waals surface area contributed by atoms with Crippen molar-refractivity contribution in [2.45, 2.75) is 46.1 Å². The molecule has 1 aromatic heterocycles. The Hall–Kier alpha value is -2.18. The fourth-order valence-electron chi connectivity index (χ4n) is 2.02. The number of hydrogen-bond acceptors (Lipinski definition) is 5. The van der Waals surface area contributed by atoms with Crippen LogP contribution in [0, 0.1) is 0 Å². The van der Waals surface area contributed by atoms with Crippen molar-refractivity contribution < 1.29 is 14.6 Å². The van der Waals surface area contributed by atoms with Crippen molar-refractivity contribution in [3.63, 3.8) is 0 Å². The van der Waals surface area contributed by atoms with E-state index in [1.165, 1.54) is 4.57 Å². The van der Waals surface area contributed by atoms with E-state index < -0.39 is 11.7 Å². The molecule has 1 aromatic carbocycles. The van der Waals surface area contributed by atoms with Gasteiger partial charge in [0.1, 0.15) is 11.4 Å². The number of rotatable bonds is 5. The highest BCUT2D eigenvalue weighted by molar-refractivity contribution is 5.71. The SMILES string of the molecule is CC(C)(C)OC(=O)n1ccnc1CNCc1ccc(CO)cc1. The van der Waals surface area contributed by atoms with Crippen LogP contribution in [0.15, 0.2) is 36.7 Å². The standard InChI is InChI=1S/C17H23N3O3/c1-17(2,3)23-16(22)20-9-8-19-15(20)11-18-10-13-4-6-14(12-21)7-5-13/h4-9,18,21H,10-12H2,1-3H3. The van der Waals surface area contributed by atoms with E-state index >= 15 is 0 Å². The number of imidazole rings is 1. The third-order valence-electron chi connectivity index (χ3n) is 3.13. The molecule has 0 fully saturated rings. The molecule has 0 unspecified atom stereocenters. The largest absolute Gasteiger partial charge is 0.443 e. The lowest BCUT2D eigenvalue weighted by molar-refractivity contribution is 0.0531. The number of ether oxygens (including phenoxy) is 1. The highest BCUT2D eigenvalue weighted by Gasteiger charge is 2.19. The number of carbonyl (C=O) groups excluding carboxylic acids is 1. The van der Waals surface area contributed by atoms with Crippen LogP contribution in [0.4, 0.5) is 4.79 Å². The Morgan fingerprint density at radius 2 is 1.87 bits per heavy atom. The van der Waals surface area contributed by atoms with E-state index in [4.69, 9.17) is 9.84 Å². The number of benzene rings is 1. The van der Waals surface area contributed by atoms with Crippen LogP contribution in [0.1, 0.15) is 37.7 Å². The predicted molar refractivity (Wildman–Crippen MR) is 86.8 cm³/mol. The molecule has 0 aliphatic heterocycles. The summed E-state index contributed by atoms with van der Waals surface area (Å²) in [4.78, 5) is 16.3. The summed E-state index contributed by atoms with van der Waals surface area (Å²) in [7, 11) is 0. The summed E-state index contributed by atoms with van der Waals surface area (Å²) in [5.74, 6) is 0.603. The van der Waals surface area contributed by atoms with Gasteiger partial charge in [-0.25, -0.2) is 14.3 Å². The summed E-state index contributed by atoms with van der Waals surface area (Å²) in [5, 5.41) is 12.3. The van der Waals surface area contributed by atoms with Gasteiger partial charge in [-0.3, -0.25) is 0 Å². The first kappa shape index (κ1) is 17.2. The first-order valence-electron chi connectivity index (χ1n) is 7.54. The Balaban J connectivity index is 1.91. The molecule has 6 nitrogen and oxygen atoms in total. The Kier molecular flexibility index (Phi) is 5.52. The van der Waals surface area contributed by atoms with Crippen molar-refractivity contribution in [1.82, 2.24) is 14.9 Å². The quantitative estimate of drug-likeness (QED) is 0.886. The Morgan fingerprint density at radius 3 is 2.48 bits per heavy atom. The van der Waals surface area contributed by atoms with Crippen LogP contribution >= 0.6 is 0 Å². The smallest absolute Gasteiger partial charge is 0.420 e. The molecule has 124 valence electrons. The maximum absolute atomic E-state index is 12.1. The first-order chi connectivity index (χ1) is 10.9. The van der Waals surface area contributed by atoms with E-state index in [0.717, 1.165) is 11.1 Å². The zero-order chi connectivity index (χ0) is 16.9. The van der Waals surface area contributed by atoms with E-state index in [1.807, 2.05) is 45.0 Å². The van der Waals surface area contributed by atoms with E-state index in [2.05, 4.69) is 10.3 Å². The molecule has 23 heavy (non-hydrogen) atoms. The highest BCUT2D eigenvalue weighted by Crippen LogP contribution is 2.10. The minimum Gasteiger partial charge on any atom is -0.443 e. The summed E-state index contributed by atoms with van der Waals surface area (Å²) in [6, 6.07) is 7.69. The molecule has 2 rings (SSSR count). The number of nitrogens with one attached hydrogen (secondary N) is 1. The maximum atomic E-state index is 12.1. The lowest BCUT2D eigenvalue weighted by Gasteiger charge is -2.20. The second-order valence-corrected chi connectivity index (χ2v) is 6.27. The third-order valence-corrected chi connectivity index (χ3v) is 3.13. The van der Waals surface area contributed by atoms with Gasteiger partial charge in [0.25, 0.3) is 0 Å². The monoisotopic (exact) mass is 317 g/mol. The zero-order valence-electron chi connectivity index (χ0n) is 13.7. The molecular weight excluding hydrogens is 294 g/mol. The maximum Gasteiger partial charge on any atom is 0.420 e. The second-order valence-electron chi connectivity index (χ2n) is 6.27. The van der Waals surface area contributed by atoms with Gasteiger partial charge in [-0.15, -0.1) is 0 Å². The number of hydrogen-bond donors (Lipinski definition) is 2. The average Bonchev–Trinajstić information content (AvgIpc) is 2.95. The predicted octanol–water partition coefficient (Wildman–Crippen LogP) is 2.45. The number of aliphatic hydroxyl groups is 1. The lowest BCUT2D eigenvalue weighted by atomic mass is 10.1. The van der Waals surface area contributed by atoms with Gasteiger partial charge in [0.05, 0.1) is 13.2 Å². The lowest BCUT2D eigenvalue weighted by Crippen LogP contribution is -2.28. The number of aromatic nitrogens is 2. The van der Waals surface area contributed by atoms with Crippen LogP contribution < -0.4 is 5.32 Å². The number of nitrogens with zero attached hydrogens (tertiary/aromatic N) is 2. The molecule has 0 saturated carbocycles. The third kappa shape index (κ3) is 5.19. The van der Waals surface area contributed by atoms with E-state index in [9.17, 15) is 4.79 Å². The van der Waals surface area contributed by atoms with Crippen molar-refractivity contribution >= 4 is 6.09 Å². The highest BCUT2D eigenvalue weighted by atomic mass is 16.6. The molecular formula is C17H23N3O3. The van der Waals surface area contributed by atoms with Gasteiger partial charge >= 0.3 is 6.09 Å². The van der Waals surface area contributed by atoms with Crippen LogP contribution in [-0.4, -0.2) is 26.4 Å². The van der Waals surface area contributed by atoms with Crippen molar-refractivity contribution in [3.8, 4) is 0 Å². The first-order valence-corrected chi connectivity index (χ1v) is 7.54. The molecule has 0 spiro atoms. The molecule has 0 amide bonds. The molecule has 2 N–H and O–H groups in total. The molecule has 0 aliphatic rings. The van der Waals surface area contributed by atoms with Crippen molar-refractivity contribution in [2.24, 2.45) is 0 Å². The molecule has 2 aromatic rings. The van der Waals surface area contributed by atoms with Gasteiger partial charge in [0.15, 0.2) is 0 Å². The van der Waals surface area contributed by atoms with Crippen molar-refractivity contribution in [3.05, 3.63) is 53.6 Å². The van der Waals surface area contributed by atoms with E-state index in [-0.39, 0.29) is 6.61 Å². The molecule has 6 heteroatoms. The summed E-state index contributed by atoms with van der Waals surface area (Å²) >= 11 is 0. The fourth-order valence-corrected chi connectivity index (χ4v) is 2.02. The van der Waals surface area contributed by atoms with Crippen molar-refractivity contribution in [1.29, 1.82) is 0 Å². The summed E-state index contributed by atoms with van der Waals surface area (Å²) in [6.07, 6.45) is 2.75. The average molecular weight is 317 g/mol. The van der Waals surface area contributed by atoms with E-state index in [1.54, 1.807) is 12.4 Å². The normalized spacial score (nSPS) is 11.5. The van der Waals surface area contributed by atoms with Crippen LogP contribution in [0.5, 0.6) is 0 Å². The van der Waals surface area contributed by atoms with Gasteiger partial charge in [-0.05, 0) is 31.9 Å². The van der Waals surface area contributed by atoms with Crippen LogP contribution in [0.2, 0.25) is 0 Å². The fraction of sp³-hybridized carbons (Fsp3) is 0.412. The summed E-state index contributed by atoms with van der Waals surface area (Å²) in [6.45, 7) is 6.63. The number of aliphatic hydroxyl groups excluding tert-OH is 1. The minimum atomic E-state index is -0.541. The molecule has 0 radical (unpaired) electrons. The van der Waals surface area contributed by atoms with E-state index in [0.29, 0.717) is 18.9 Å². The summed E-state index contributed by atoms with van der Waals surface area (Å²) in [5.41, 5.74) is 1.44. The van der Waals surface area contributed by atoms with Gasteiger partial charge in [-0.2, -0.15) is 0 Å². The molecule has 1 heterocycles. The van der Waals surface area contributed by atoms with Crippen LogP contribution in [0.25, 0.3) is 0 Å². The van der Waals surface area contributed by atoms with Crippen LogP contribution in [-0.2, 0) is 24.4 Å². The topological polar surface area (TPSA) is 76.4 Å². The second kappa shape index (κ2) is 7.39. The van der Waals surface area contributed by atoms with Gasteiger partial charge in [0, 0.05) is 18.9 Å². The Bertz CT molecular complexity index is 642. The van der Waals surface area contributed by atoms with Gasteiger partial charge in [0.2, 0.25) is 0 Å². The Labute approximate surface area is 136 Å². The van der Waals surface area contributed by atoms with Gasteiger partial charge < -0.3 is 15.2 Å². The molecule has 0 bridgehead atoms. The summed E-state index contributed by atoms with van der Waals surface area (Å²) < 4.78 is 6.76. The zero-order valence-corrected chi connectivity index (χ0v) is 13.7. The van der Waals surface area contributed by atoms with Crippen LogP contribution in [0.3, 0.4) is 0 Å². The Morgan fingerprint density at radius 1 is 1.22 bits per heavy atom.